The maximum absolute atomic E-state index is 11.9. The van der Waals surface area contributed by atoms with Gasteiger partial charge in [0.25, 0.3) is 10.0 Å². The van der Waals surface area contributed by atoms with Crippen LogP contribution in [-0.4, -0.2) is 23.5 Å². The Balaban J connectivity index is 2.25. The summed E-state index contributed by atoms with van der Waals surface area (Å²) in [4.78, 5) is 6.55. The number of hydrogen-bond donors (Lipinski definition) is 3. The first kappa shape index (κ1) is 11.6. The van der Waals surface area contributed by atoms with Crippen molar-refractivity contribution < 1.29 is 13.5 Å². The first-order valence-electron chi connectivity index (χ1n) is 4.83. The Morgan fingerprint density at radius 2 is 2.29 bits per heavy atom. The highest BCUT2D eigenvalue weighted by Gasteiger charge is 2.15. The van der Waals surface area contributed by atoms with Crippen LogP contribution in [0, 0.1) is 0 Å². The number of aromatic amines is 1. The number of anilines is 1. The van der Waals surface area contributed by atoms with E-state index in [-0.39, 0.29) is 11.5 Å². The monoisotopic (exact) mass is 253 g/mol. The van der Waals surface area contributed by atoms with Crippen LogP contribution in [0.4, 0.5) is 5.69 Å². The molecular weight excluding hydrogens is 242 g/mol. The van der Waals surface area contributed by atoms with Gasteiger partial charge in [-0.05, 0) is 18.2 Å². The first-order chi connectivity index (χ1) is 8.12. The molecule has 2 aromatic rings. The molecule has 0 atom stereocenters. The van der Waals surface area contributed by atoms with Gasteiger partial charge in [-0.15, -0.1) is 0 Å². The van der Waals surface area contributed by atoms with E-state index in [2.05, 4.69) is 14.7 Å². The predicted octanol–water partition coefficient (Wildman–Crippen LogP) is 0.703. The molecule has 2 heterocycles. The van der Waals surface area contributed by atoms with Gasteiger partial charge in [0.1, 0.15) is 4.90 Å². The number of aliphatic hydroxyl groups is 1. The predicted molar refractivity (Wildman–Crippen MR) is 61.8 cm³/mol. The van der Waals surface area contributed by atoms with Crippen LogP contribution in [0.1, 0.15) is 5.69 Å². The molecule has 0 fully saturated rings. The molecule has 0 spiro atoms. The fourth-order valence-electron chi connectivity index (χ4n) is 1.30. The molecule has 0 radical (unpaired) electrons. The second kappa shape index (κ2) is 4.56. The summed E-state index contributed by atoms with van der Waals surface area (Å²) in [6.45, 7) is -0.234. The molecule has 0 unspecified atom stereocenters. The molecule has 0 saturated carbocycles. The molecule has 6 nitrogen and oxygen atoms in total. The molecule has 0 aliphatic heterocycles. The molecule has 17 heavy (non-hydrogen) atoms. The van der Waals surface area contributed by atoms with Gasteiger partial charge in [-0.25, -0.2) is 8.42 Å². The first-order valence-corrected chi connectivity index (χ1v) is 6.31. The molecule has 0 bridgehead atoms. The van der Waals surface area contributed by atoms with E-state index in [0.717, 1.165) is 0 Å². The average Bonchev–Trinajstić information content (AvgIpc) is 2.79. The van der Waals surface area contributed by atoms with E-state index in [1.54, 1.807) is 18.3 Å². The van der Waals surface area contributed by atoms with Gasteiger partial charge in [0.2, 0.25) is 0 Å². The molecule has 0 aromatic carbocycles. The molecule has 2 aromatic heterocycles. The molecule has 2 rings (SSSR count). The van der Waals surface area contributed by atoms with Crippen molar-refractivity contribution in [2.24, 2.45) is 0 Å². The number of rotatable bonds is 4. The highest BCUT2D eigenvalue weighted by Crippen LogP contribution is 2.15. The highest BCUT2D eigenvalue weighted by molar-refractivity contribution is 7.92. The van der Waals surface area contributed by atoms with E-state index in [1.165, 1.54) is 18.5 Å². The number of aromatic nitrogens is 2. The van der Waals surface area contributed by atoms with E-state index in [0.29, 0.717) is 11.4 Å². The third-order valence-corrected chi connectivity index (χ3v) is 3.47. The zero-order valence-corrected chi connectivity index (χ0v) is 9.61. The minimum atomic E-state index is -3.63. The number of hydrogen-bond acceptors (Lipinski definition) is 4. The van der Waals surface area contributed by atoms with Gasteiger partial charge < -0.3 is 10.1 Å². The Hall–Kier alpha value is -1.86. The van der Waals surface area contributed by atoms with Crippen molar-refractivity contribution in [3.8, 4) is 0 Å². The van der Waals surface area contributed by atoms with Gasteiger partial charge in [-0.3, -0.25) is 9.71 Å². The van der Waals surface area contributed by atoms with Crippen LogP contribution in [0.15, 0.2) is 41.7 Å². The summed E-state index contributed by atoms with van der Waals surface area (Å²) < 4.78 is 26.2. The quantitative estimate of drug-likeness (QED) is 0.747. The van der Waals surface area contributed by atoms with Crippen LogP contribution >= 0.6 is 0 Å². The van der Waals surface area contributed by atoms with Gasteiger partial charge in [-0.2, -0.15) is 0 Å². The second-order valence-corrected chi connectivity index (χ2v) is 5.05. The fourth-order valence-corrected chi connectivity index (χ4v) is 2.36. The molecule has 3 N–H and O–H groups in total. The molecule has 90 valence electrons. The summed E-state index contributed by atoms with van der Waals surface area (Å²) in [6.07, 6.45) is 4.29. The normalized spacial score (nSPS) is 11.4. The van der Waals surface area contributed by atoms with E-state index >= 15 is 0 Å². The van der Waals surface area contributed by atoms with Crippen LogP contribution in [-0.2, 0) is 16.6 Å². The van der Waals surface area contributed by atoms with E-state index in [9.17, 15) is 8.42 Å². The molecular formula is C10H11N3O3S. The number of sulfonamides is 1. The minimum absolute atomic E-state index is 0.0744. The summed E-state index contributed by atoms with van der Waals surface area (Å²) in [6, 6.07) is 4.61. The third-order valence-electron chi connectivity index (χ3n) is 2.11. The van der Waals surface area contributed by atoms with Gasteiger partial charge >= 0.3 is 0 Å². The maximum Gasteiger partial charge on any atom is 0.263 e. The molecule has 7 heteroatoms. The Labute approximate surface area is 98.4 Å². The summed E-state index contributed by atoms with van der Waals surface area (Å²) in [5.41, 5.74) is 0.829. The smallest absolute Gasteiger partial charge is 0.263 e. The molecule has 0 aliphatic rings. The number of pyridine rings is 1. The second-order valence-electron chi connectivity index (χ2n) is 3.37. The van der Waals surface area contributed by atoms with Crippen molar-refractivity contribution in [2.75, 3.05) is 4.72 Å². The number of nitrogens with zero attached hydrogens (tertiary/aromatic N) is 1. The fraction of sp³-hybridized carbons (Fsp3) is 0.100. The van der Waals surface area contributed by atoms with Crippen LogP contribution in [0.25, 0.3) is 0 Å². The van der Waals surface area contributed by atoms with Gasteiger partial charge in [0, 0.05) is 18.1 Å². The van der Waals surface area contributed by atoms with E-state index in [1.807, 2.05) is 0 Å². The zero-order chi connectivity index (χ0) is 12.3. The summed E-state index contributed by atoms with van der Waals surface area (Å²) in [7, 11) is -3.63. The largest absolute Gasteiger partial charge is 0.390 e. The maximum atomic E-state index is 11.9. The van der Waals surface area contributed by atoms with Crippen LogP contribution in [0.5, 0.6) is 0 Å². The number of nitrogens with one attached hydrogen (secondary N) is 2. The lowest BCUT2D eigenvalue weighted by atomic mass is 10.4. The average molecular weight is 253 g/mol. The standard InChI is InChI=1S/C10H11N3O3S/c14-7-9-4-10(6-12-9)17(15,16)13-8-2-1-3-11-5-8/h1-6,12-14H,7H2. The zero-order valence-electron chi connectivity index (χ0n) is 8.79. The summed E-state index contributed by atoms with van der Waals surface area (Å²) in [5, 5.41) is 8.85. The van der Waals surface area contributed by atoms with Gasteiger partial charge in [0.05, 0.1) is 18.5 Å². The Kier molecular flexibility index (Phi) is 3.12. The number of aliphatic hydroxyl groups excluding tert-OH is 1. The topological polar surface area (TPSA) is 95.1 Å². The lowest BCUT2D eigenvalue weighted by molar-refractivity contribution is 0.277. The lowest BCUT2D eigenvalue weighted by Crippen LogP contribution is -2.12. The van der Waals surface area contributed by atoms with Crippen LogP contribution in [0.2, 0.25) is 0 Å². The van der Waals surface area contributed by atoms with Crippen molar-refractivity contribution in [3.63, 3.8) is 0 Å². The third kappa shape index (κ3) is 2.63. The van der Waals surface area contributed by atoms with E-state index in [4.69, 9.17) is 5.11 Å². The van der Waals surface area contributed by atoms with Crippen molar-refractivity contribution in [1.82, 2.24) is 9.97 Å². The summed E-state index contributed by atoms with van der Waals surface area (Å²) in [5.74, 6) is 0. The minimum Gasteiger partial charge on any atom is -0.390 e. The number of H-pyrrole nitrogens is 1. The van der Waals surface area contributed by atoms with Gasteiger partial charge in [-0.1, -0.05) is 0 Å². The highest BCUT2D eigenvalue weighted by atomic mass is 32.2. The molecule has 0 amide bonds. The van der Waals surface area contributed by atoms with Crippen molar-refractivity contribution >= 4 is 15.7 Å². The van der Waals surface area contributed by atoms with Crippen molar-refractivity contribution in [3.05, 3.63) is 42.5 Å². The van der Waals surface area contributed by atoms with Crippen LogP contribution < -0.4 is 4.72 Å². The Bertz CT molecular complexity index is 592. The Morgan fingerprint density at radius 3 is 2.88 bits per heavy atom. The SMILES string of the molecule is O=S(=O)(Nc1cccnc1)c1c[nH]c(CO)c1. The van der Waals surface area contributed by atoms with Crippen molar-refractivity contribution in [2.45, 2.75) is 11.5 Å². The lowest BCUT2D eigenvalue weighted by Gasteiger charge is -2.04. The molecule has 0 saturated heterocycles. The van der Waals surface area contributed by atoms with Crippen LogP contribution in [0.3, 0.4) is 0 Å². The molecule has 0 aliphatic carbocycles. The summed E-state index contributed by atoms with van der Waals surface area (Å²) >= 11 is 0. The van der Waals surface area contributed by atoms with E-state index < -0.39 is 10.0 Å². The van der Waals surface area contributed by atoms with Gasteiger partial charge in [0.15, 0.2) is 0 Å². The van der Waals surface area contributed by atoms with Crippen molar-refractivity contribution in [1.29, 1.82) is 0 Å². The Morgan fingerprint density at radius 1 is 1.47 bits per heavy atom.